The lowest BCUT2D eigenvalue weighted by Gasteiger charge is -2.09. The first-order valence-corrected chi connectivity index (χ1v) is 6.48. The Morgan fingerprint density at radius 2 is 2.43 bits per heavy atom. The minimum atomic E-state index is -3.41. The third kappa shape index (κ3) is 2.58. The predicted molar refractivity (Wildman–Crippen MR) is 57.6 cm³/mol. The standard InChI is InChI=1S/C9H11NO2S2/c1-3-8(4-2)10-14(11,12)9-6-5-7-13-9/h1,5-8,10H,4H2,2H3. The van der Waals surface area contributed by atoms with Gasteiger partial charge in [0.2, 0.25) is 0 Å². The molecule has 0 saturated heterocycles. The second-order valence-electron chi connectivity index (χ2n) is 2.68. The highest BCUT2D eigenvalue weighted by atomic mass is 32.2. The summed E-state index contributed by atoms with van der Waals surface area (Å²) in [6.45, 7) is 1.83. The molecule has 0 bridgehead atoms. The highest BCUT2D eigenvalue weighted by Crippen LogP contribution is 2.15. The van der Waals surface area contributed by atoms with Crippen LogP contribution in [0.3, 0.4) is 0 Å². The van der Waals surface area contributed by atoms with E-state index in [0.29, 0.717) is 10.6 Å². The second kappa shape index (κ2) is 4.60. The van der Waals surface area contributed by atoms with Gasteiger partial charge >= 0.3 is 0 Å². The van der Waals surface area contributed by atoms with Crippen LogP contribution in [0.4, 0.5) is 0 Å². The molecule has 0 amide bonds. The maximum atomic E-state index is 11.6. The van der Waals surface area contributed by atoms with Crippen LogP contribution in [0, 0.1) is 12.3 Å². The van der Waals surface area contributed by atoms with E-state index in [1.165, 1.54) is 11.3 Å². The van der Waals surface area contributed by atoms with Crippen molar-refractivity contribution in [1.29, 1.82) is 0 Å². The Bertz CT molecular complexity index is 414. The van der Waals surface area contributed by atoms with Crippen molar-refractivity contribution in [2.45, 2.75) is 23.6 Å². The molecule has 0 aromatic carbocycles. The van der Waals surface area contributed by atoms with Gasteiger partial charge in [0.25, 0.3) is 10.0 Å². The van der Waals surface area contributed by atoms with E-state index in [4.69, 9.17) is 6.42 Å². The molecular weight excluding hydrogens is 218 g/mol. The minimum Gasteiger partial charge on any atom is -0.206 e. The molecule has 0 radical (unpaired) electrons. The molecule has 76 valence electrons. The van der Waals surface area contributed by atoms with E-state index in [2.05, 4.69) is 10.6 Å². The first-order chi connectivity index (χ1) is 6.60. The van der Waals surface area contributed by atoms with Crippen LogP contribution in [0.1, 0.15) is 13.3 Å². The van der Waals surface area contributed by atoms with Crippen molar-refractivity contribution in [3.63, 3.8) is 0 Å². The topological polar surface area (TPSA) is 46.2 Å². The molecule has 0 aliphatic carbocycles. The van der Waals surface area contributed by atoms with Crippen LogP contribution in [0.5, 0.6) is 0 Å². The Balaban J connectivity index is 2.84. The number of hydrogen-bond acceptors (Lipinski definition) is 3. The summed E-state index contributed by atoms with van der Waals surface area (Å²) in [5.74, 6) is 2.38. The zero-order chi connectivity index (χ0) is 10.6. The molecule has 1 rings (SSSR count). The number of nitrogens with one attached hydrogen (secondary N) is 1. The van der Waals surface area contributed by atoms with Crippen LogP contribution in [0.15, 0.2) is 21.7 Å². The van der Waals surface area contributed by atoms with Crippen molar-refractivity contribution in [2.75, 3.05) is 0 Å². The van der Waals surface area contributed by atoms with E-state index < -0.39 is 16.1 Å². The normalized spacial score (nSPS) is 13.4. The fourth-order valence-electron chi connectivity index (χ4n) is 0.897. The quantitative estimate of drug-likeness (QED) is 0.794. The average molecular weight is 229 g/mol. The Kier molecular flexibility index (Phi) is 3.69. The SMILES string of the molecule is C#CC(CC)NS(=O)(=O)c1cccs1. The van der Waals surface area contributed by atoms with E-state index in [-0.39, 0.29) is 0 Å². The molecule has 1 unspecified atom stereocenters. The maximum absolute atomic E-state index is 11.6. The summed E-state index contributed by atoms with van der Waals surface area (Å²) >= 11 is 1.17. The van der Waals surface area contributed by atoms with Crippen LogP contribution in [0.25, 0.3) is 0 Å². The molecule has 1 aromatic rings. The summed E-state index contributed by atoms with van der Waals surface area (Å²) in [6, 6.07) is 2.81. The van der Waals surface area contributed by atoms with Crippen LogP contribution >= 0.6 is 11.3 Å². The lowest BCUT2D eigenvalue weighted by atomic mass is 10.3. The summed E-state index contributed by atoms with van der Waals surface area (Å²) < 4.78 is 26.0. The number of sulfonamides is 1. The zero-order valence-corrected chi connectivity index (χ0v) is 9.36. The molecule has 1 N–H and O–H groups in total. The third-order valence-electron chi connectivity index (χ3n) is 1.67. The van der Waals surface area contributed by atoms with Crippen molar-refractivity contribution in [3.8, 4) is 12.3 Å². The van der Waals surface area contributed by atoms with Gasteiger partial charge in [0.05, 0.1) is 6.04 Å². The zero-order valence-electron chi connectivity index (χ0n) is 7.73. The van der Waals surface area contributed by atoms with Gasteiger partial charge in [-0.2, -0.15) is 4.72 Å². The first kappa shape index (κ1) is 11.2. The lowest BCUT2D eigenvalue weighted by Crippen LogP contribution is -2.32. The number of rotatable bonds is 4. The number of thiophene rings is 1. The molecule has 0 fully saturated rings. The van der Waals surface area contributed by atoms with Gasteiger partial charge in [-0.05, 0) is 17.9 Å². The van der Waals surface area contributed by atoms with Gasteiger partial charge in [0.15, 0.2) is 0 Å². The van der Waals surface area contributed by atoms with E-state index in [0.717, 1.165) is 0 Å². The van der Waals surface area contributed by atoms with Gasteiger partial charge in [0.1, 0.15) is 4.21 Å². The van der Waals surface area contributed by atoms with Gasteiger partial charge in [-0.3, -0.25) is 0 Å². The van der Waals surface area contributed by atoms with Crippen LogP contribution < -0.4 is 4.72 Å². The summed E-state index contributed by atoms with van der Waals surface area (Å²) in [5.41, 5.74) is 0. The summed E-state index contributed by atoms with van der Waals surface area (Å²) in [7, 11) is -3.41. The molecule has 14 heavy (non-hydrogen) atoms. The van der Waals surface area contributed by atoms with Crippen molar-refractivity contribution in [1.82, 2.24) is 4.72 Å². The Labute approximate surface area is 88.2 Å². The average Bonchev–Trinajstić information content (AvgIpc) is 2.67. The minimum absolute atomic E-state index is 0.297. The molecule has 3 nitrogen and oxygen atoms in total. The molecule has 5 heteroatoms. The van der Waals surface area contributed by atoms with Crippen molar-refractivity contribution < 1.29 is 8.42 Å². The van der Waals surface area contributed by atoms with Gasteiger partial charge in [-0.15, -0.1) is 17.8 Å². The number of hydrogen-bond donors (Lipinski definition) is 1. The Hall–Kier alpha value is -0.830. The largest absolute Gasteiger partial charge is 0.251 e. The first-order valence-electron chi connectivity index (χ1n) is 4.12. The van der Waals surface area contributed by atoms with Gasteiger partial charge < -0.3 is 0 Å². The van der Waals surface area contributed by atoms with E-state index in [1.54, 1.807) is 17.5 Å². The van der Waals surface area contributed by atoms with Gasteiger partial charge in [-0.25, -0.2) is 8.42 Å². The van der Waals surface area contributed by atoms with E-state index in [1.807, 2.05) is 6.92 Å². The Morgan fingerprint density at radius 1 is 1.71 bits per heavy atom. The summed E-state index contributed by atoms with van der Waals surface area (Å²) in [6.07, 6.45) is 5.75. The predicted octanol–water partition coefficient (Wildman–Crippen LogP) is 1.44. The van der Waals surface area contributed by atoms with Crippen molar-refractivity contribution in [2.24, 2.45) is 0 Å². The smallest absolute Gasteiger partial charge is 0.206 e. The second-order valence-corrected chi connectivity index (χ2v) is 5.57. The molecule has 1 atom stereocenters. The highest BCUT2D eigenvalue weighted by Gasteiger charge is 2.17. The summed E-state index contributed by atoms with van der Waals surface area (Å²) in [4.78, 5) is 0. The molecule has 0 spiro atoms. The van der Waals surface area contributed by atoms with Gasteiger partial charge in [0, 0.05) is 0 Å². The molecule has 1 heterocycles. The molecule has 0 saturated carbocycles. The molecule has 0 aliphatic heterocycles. The monoisotopic (exact) mass is 229 g/mol. The van der Waals surface area contributed by atoms with Gasteiger partial charge in [-0.1, -0.05) is 18.9 Å². The van der Waals surface area contributed by atoms with Crippen LogP contribution in [0.2, 0.25) is 0 Å². The third-order valence-corrected chi connectivity index (χ3v) is 4.54. The fraction of sp³-hybridized carbons (Fsp3) is 0.333. The lowest BCUT2D eigenvalue weighted by molar-refractivity contribution is 0.572. The Morgan fingerprint density at radius 3 is 2.86 bits per heavy atom. The van der Waals surface area contributed by atoms with E-state index >= 15 is 0 Å². The van der Waals surface area contributed by atoms with Crippen LogP contribution in [-0.4, -0.2) is 14.5 Å². The maximum Gasteiger partial charge on any atom is 0.251 e. The van der Waals surface area contributed by atoms with Crippen molar-refractivity contribution in [3.05, 3.63) is 17.5 Å². The van der Waals surface area contributed by atoms with Crippen LogP contribution in [-0.2, 0) is 10.0 Å². The molecule has 1 aromatic heterocycles. The number of terminal acetylenes is 1. The molecule has 0 aliphatic rings. The molecular formula is C9H11NO2S2. The van der Waals surface area contributed by atoms with E-state index in [9.17, 15) is 8.42 Å². The van der Waals surface area contributed by atoms with Crippen molar-refractivity contribution >= 4 is 21.4 Å². The summed E-state index contributed by atoms with van der Waals surface area (Å²) in [5, 5.41) is 1.71. The highest BCUT2D eigenvalue weighted by molar-refractivity contribution is 7.91. The fourth-order valence-corrected chi connectivity index (χ4v) is 3.15.